The lowest BCUT2D eigenvalue weighted by molar-refractivity contribution is 0.444. The van der Waals surface area contributed by atoms with Gasteiger partial charge in [-0.05, 0) is 12.3 Å². The summed E-state index contributed by atoms with van der Waals surface area (Å²) in [5, 5.41) is 6.28. The zero-order chi connectivity index (χ0) is 14.7. The molecule has 20 heavy (non-hydrogen) atoms. The van der Waals surface area contributed by atoms with Gasteiger partial charge >= 0.3 is 0 Å². The molecule has 2 N–H and O–H groups in total. The van der Waals surface area contributed by atoms with E-state index < -0.39 is 9.84 Å². The Morgan fingerprint density at radius 1 is 1.25 bits per heavy atom. The van der Waals surface area contributed by atoms with E-state index >= 15 is 0 Å². The topological polar surface area (TPSA) is 70.6 Å². The molecule has 0 aliphatic rings. The highest BCUT2D eigenvalue weighted by atomic mass is 127. The molecule has 0 bridgehead atoms. The molecule has 1 unspecified atom stereocenters. The van der Waals surface area contributed by atoms with Crippen LogP contribution in [0.2, 0.25) is 0 Å². The van der Waals surface area contributed by atoms with E-state index in [1.165, 1.54) is 25.5 Å². The molecule has 1 atom stereocenters. The van der Waals surface area contributed by atoms with Crippen molar-refractivity contribution in [2.24, 2.45) is 10.9 Å². The van der Waals surface area contributed by atoms with Crippen LogP contribution in [0, 0.1) is 5.92 Å². The third-order valence-electron chi connectivity index (χ3n) is 3.09. The minimum absolute atomic E-state index is 0. The van der Waals surface area contributed by atoms with Gasteiger partial charge in [-0.15, -0.1) is 24.0 Å². The summed E-state index contributed by atoms with van der Waals surface area (Å²) < 4.78 is 22.1. The molecule has 0 amide bonds. The van der Waals surface area contributed by atoms with Crippen LogP contribution in [0.15, 0.2) is 4.99 Å². The number of halogens is 1. The molecule has 122 valence electrons. The largest absolute Gasteiger partial charge is 0.356 e. The number of rotatable bonds is 9. The van der Waals surface area contributed by atoms with Crippen molar-refractivity contribution in [2.75, 3.05) is 32.1 Å². The Bertz CT molecular complexity index is 359. The highest BCUT2D eigenvalue weighted by Gasteiger charge is 2.07. The predicted octanol–water partition coefficient (Wildman–Crippen LogP) is 2.03. The monoisotopic (exact) mass is 419 g/mol. The average Bonchev–Trinajstić information content (AvgIpc) is 2.35. The Labute approximate surface area is 141 Å². The van der Waals surface area contributed by atoms with Gasteiger partial charge in [0.2, 0.25) is 0 Å². The fourth-order valence-corrected chi connectivity index (χ4v) is 2.23. The molecule has 0 saturated carbocycles. The SMILES string of the molecule is CCCCC(CC)CNC(=NC)NCCS(C)(=O)=O.I. The summed E-state index contributed by atoms with van der Waals surface area (Å²) in [4.78, 5) is 4.09. The van der Waals surface area contributed by atoms with Gasteiger partial charge in [-0.2, -0.15) is 0 Å². The van der Waals surface area contributed by atoms with E-state index in [4.69, 9.17) is 0 Å². The van der Waals surface area contributed by atoms with Gasteiger partial charge in [-0.1, -0.05) is 33.1 Å². The zero-order valence-corrected chi connectivity index (χ0v) is 16.3. The highest BCUT2D eigenvalue weighted by Crippen LogP contribution is 2.10. The number of hydrogen-bond donors (Lipinski definition) is 2. The van der Waals surface area contributed by atoms with Crippen molar-refractivity contribution in [2.45, 2.75) is 39.5 Å². The number of unbranched alkanes of at least 4 members (excludes halogenated alkanes) is 1. The van der Waals surface area contributed by atoms with E-state index in [0.29, 0.717) is 18.4 Å². The first-order valence-electron chi connectivity index (χ1n) is 7.05. The molecular weight excluding hydrogens is 389 g/mol. The lowest BCUT2D eigenvalue weighted by Crippen LogP contribution is -2.41. The Balaban J connectivity index is 0. The molecule has 0 aliphatic carbocycles. The molecule has 0 aliphatic heterocycles. The second kappa shape index (κ2) is 12.7. The van der Waals surface area contributed by atoms with Gasteiger partial charge < -0.3 is 10.6 Å². The summed E-state index contributed by atoms with van der Waals surface area (Å²) in [6, 6.07) is 0. The van der Waals surface area contributed by atoms with E-state index in [0.717, 1.165) is 13.0 Å². The van der Waals surface area contributed by atoms with Crippen molar-refractivity contribution < 1.29 is 8.42 Å². The average molecular weight is 419 g/mol. The van der Waals surface area contributed by atoms with Gasteiger partial charge in [0.05, 0.1) is 5.75 Å². The molecule has 0 rings (SSSR count). The van der Waals surface area contributed by atoms with Crippen LogP contribution in [-0.2, 0) is 9.84 Å². The first-order chi connectivity index (χ1) is 8.92. The third kappa shape index (κ3) is 13.0. The molecule has 0 aromatic rings. The van der Waals surface area contributed by atoms with E-state index in [9.17, 15) is 8.42 Å². The van der Waals surface area contributed by atoms with Crippen LogP contribution >= 0.6 is 24.0 Å². The number of nitrogens with zero attached hydrogens (tertiary/aromatic N) is 1. The van der Waals surface area contributed by atoms with Crippen LogP contribution < -0.4 is 10.6 Å². The zero-order valence-electron chi connectivity index (χ0n) is 13.1. The second-order valence-electron chi connectivity index (χ2n) is 4.93. The Kier molecular flexibility index (Phi) is 14.1. The minimum Gasteiger partial charge on any atom is -0.356 e. The van der Waals surface area contributed by atoms with Crippen LogP contribution in [-0.4, -0.2) is 46.5 Å². The smallest absolute Gasteiger partial charge is 0.191 e. The van der Waals surface area contributed by atoms with Crippen LogP contribution in [0.5, 0.6) is 0 Å². The number of guanidine groups is 1. The van der Waals surface area contributed by atoms with Crippen LogP contribution in [0.3, 0.4) is 0 Å². The quantitative estimate of drug-likeness (QED) is 0.341. The molecule has 0 aromatic carbocycles. The van der Waals surface area contributed by atoms with E-state index in [1.54, 1.807) is 7.05 Å². The third-order valence-corrected chi connectivity index (χ3v) is 4.04. The van der Waals surface area contributed by atoms with Crippen molar-refractivity contribution >= 4 is 39.8 Å². The first-order valence-corrected chi connectivity index (χ1v) is 9.11. The fraction of sp³-hybridized carbons (Fsp3) is 0.923. The van der Waals surface area contributed by atoms with E-state index in [-0.39, 0.29) is 29.7 Å². The van der Waals surface area contributed by atoms with Gasteiger partial charge in [-0.3, -0.25) is 4.99 Å². The van der Waals surface area contributed by atoms with Gasteiger partial charge in [0, 0.05) is 26.4 Å². The summed E-state index contributed by atoms with van der Waals surface area (Å²) in [5.74, 6) is 1.45. The van der Waals surface area contributed by atoms with Crippen molar-refractivity contribution in [3.8, 4) is 0 Å². The van der Waals surface area contributed by atoms with Gasteiger partial charge in [-0.25, -0.2) is 8.42 Å². The lowest BCUT2D eigenvalue weighted by atomic mass is 9.99. The van der Waals surface area contributed by atoms with Gasteiger partial charge in [0.1, 0.15) is 9.84 Å². The van der Waals surface area contributed by atoms with Crippen LogP contribution in [0.4, 0.5) is 0 Å². The molecule has 7 heteroatoms. The normalized spacial score (nSPS) is 13.5. The number of hydrogen-bond acceptors (Lipinski definition) is 3. The molecule has 0 spiro atoms. The lowest BCUT2D eigenvalue weighted by Gasteiger charge is -2.17. The Hall–Kier alpha value is -0.0500. The van der Waals surface area contributed by atoms with Gasteiger partial charge in [0.25, 0.3) is 0 Å². The minimum atomic E-state index is -2.92. The molecule has 0 fully saturated rings. The highest BCUT2D eigenvalue weighted by molar-refractivity contribution is 14.0. The van der Waals surface area contributed by atoms with Crippen molar-refractivity contribution in [1.29, 1.82) is 0 Å². The summed E-state index contributed by atoms with van der Waals surface area (Å²) >= 11 is 0. The van der Waals surface area contributed by atoms with Crippen molar-refractivity contribution in [3.05, 3.63) is 0 Å². The second-order valence-corrected chi connectivity index (χ2v) is 7.19. The van der Waals surface area contributed by atoms with Crippen molar-refractivity contribution in [3.63, 3.8) is 0 Å². The number of nitrogens with one attached hydrogen (secondary N) is 2. The summed E-state index contributed by atoms with van der Waals surface area (Å²) in [6.07, 6.45) is 6.08. The molecular formula is C13H30IN3O2S. The number of aliphatic imine (C=N–C) groups is 1. The van der Waals surface area contributed by atoms with Crippen LogP contribution in [0.25, 0.3) is 0 Å². The predicted molar refractivity (Wildman–Crippen MR) is 97.8 cm³/mol. The van der Waals surface area contributed by atoms with Gasteiger partial charge in [0.15, 0.2) is 5.96 Å². The summed E-state index contributed by atoms with van der Waals surface area (Å²) in [7, 11) is -1.22. The molecule has 5 nitrogen and oxygen atoms in total. The molecule has 0 aromatic heterocycles. The molecule has 0 heterocycles. The maximum absolute atomic E-state index is 11.0. The van der Waals surface area contributed by atoms with Crippen LogP contribution in [0.1, 0.15) is 39.5 Å². The maximum atomic E-state index is 11.0. The molecule has 0 saturated heterocycles. The van der Waals surface area contributed by atoms with E-state index in [2.05, 4.69) is 29.5 Å². The Morgan fingerprint density at radius 3 is 2.35 bits per heavy atom. The summed E-state index contributed by atoms with van der Waals surface area (Å²) in [5.41, 5.74) is 0. The maximum Gasteiger partial charge on any atom is 0.191 e. The first kappa shape index (κ1) is 22.2. The number of sulfone groups is 1. The fourth-order valence-electron chi connectivity index (χ4n) is 1.76. The van der Waals surface area contributed by atoms with Crippen molar-refractivity contribution in [1.82, 2.24) is 10.6 Å². The van der Waals surface area contributed by atoms with E-state index in [1.807, 2.05) is 0 Å². The molecule has 0 radical (unpaired) electrons. The standard InChI is InChI=1S/C13H29N3O2S.HI/c1-5-7-8-12(6-2)11-16-13(14-3)15-9-10-19(4,17)18;/h12H,5-11H2,1-4H3,(H2,14,15,16);1H. The summed E-state index contributed by atoms with van der Waals surface area (Å²) in [6.45, 7) is 5.67. The Morgan fingerprint density at radius 2 is 1.90 bits per heavy atom.